The molecule has 3 aromatic carbocycles. The molecular weight excluding hydrogens is 564 g/mol. The van der Waals surface area contributed by atoms with Crippen molar-refractivity contribution in [3.63, 3.8) is 0 Å². The third kappa shape index (κ3) is 5.40. The number of hydrogen-bond donors (Lipinski definition) is 3. The standard InChI is InChI=1S/C20H16N6O11S2/c1-37-18-10-14(26(29)30)6-9-17(18)24-22-20(21-23(24)12-2-4-13(5-3-12)25(27)28)16-8-7-15(38(31,32)33)11-19(16)39(34,35)36/h2-11H,1H3,(H,21,22)(H,31,32,33)(H,34,35,36). The normalized spacial score (nSPS) is 13.6. The molecule has 0 radical (unpaired) electrons. The van der Waals surface area contributed by atoms with Crippen LogP contribution in [0.5, 0.6) is 5.75 Å². The number of benzene rings is 3. The van der Waals surface area contributed by atoms with Crippen LogP contribution >= 0.6 is 0 Å². The molecule has 39 heavy (non-hydrogen) atoms. The third-order valence-electron chi connectivity index (χ3n) is 5.27. The average molecular weight is 581 g/mol. The summed E-state index contributed by atoms with van der Waals surface area (Å²) >= 11 is 0. The number of rotatable bonds is 8. The molecule has 0 saturated heterocycles. The van der Waals surface area contributed by atoms with E-state index in [0.717, 1.165) is 29.4 Å². The molecule has 0 aliphatic carbocycles. The number of nitro benzene ring substituents is 2. The lowest BCUT2D eigenvalue weighted by Gasteiger charge is -2.28. The van der Waals surface area contributed by atoms with Crippen molar-refractivity contribution in [1.82, 2.24) is 5.43 Å². The number of hydrazone groups is 1. The Balaban J connectivity index is 1.91. The van der Waals surface area contributed by atoms with Crippen LogP contribution in [0.4, 0.5) is 22.7 Å². The molecule has 17 nitrogen and oxygen atoms in total. The van der Waals surface area contributed by atoms with Gasteiger partial charge in [0, 0.05) is 23.8 Å². The summed E-state index contributed by atoms with van der Waals surface area (Å²) < 4.78 is 71.7. The van der Waals surface area contributed by atoms with E-state index < -0.39 is 39.9 Å². The quantitative estimate of drug-likeness (QED) is 0.197. The van der Waals surface area contributed by atoms with E-state index in [9.17, 15) is 46.2 Å². The molecule has 0 atom stereocenters. The van der Waals surface area contributed by atoms with E-state index in [1.165, 1.54) is 42.6 Å². The molecule has 204 valence electrons. The minimum absolute atomic E-state index is 0.0420. The summed E-state index contributed by atoms with van der Waals surface area (Å²) in [7, 11) is -8.68. The van der Waals surface area contributed by atoms with Gasteiger partial charge in [-0.1, -0.05) is 0 Å². The average Bonchev–Trinajstić information content (AvgIpc) is 3.32. The molecule has 1 aliphatic rings. The Bertz CT molecular complexity index is 1740. The molecule has 0 spiro atoms. The van der Waals surface area contributed by atoms with Gasteiger partial charge in [-0.25, -0.2) is 0 Å². The summed E-state index contributed by atoms with van der Waals surface area (Å²) in [6.07, 6.45) is 0. The minimum Gasteiger partial charge on any atom is -0.494 e. The molecule has 0 bridgehead atoms. The number of non-ortho nitro benzene ring substituents is 2. The first-order valence-electron chi connectivity index (χ1n) is 10.3. The molecule has 0 unspecified atom stereocenters. The third-order valence-corrected chi connectivity index (χ3v) is 7.02. The monoisotopic (exact) mass is 580 g/mol. The van der Waals surface area contributed by atoms with Gasteiger partial charge in [0.15, 0.2) is 11.6 Å². The Morgan fingerprint density at radius 3 is 2.03 bits per heavy atom. The lowest BCUT2D eigenvalue weighted by atomic mass is 10.2. The van der Waals surface area contributed by atoms with Crippen molar-refractivity contribution in [3.8, 4) is 5.75 Å². The molecule has 3 N–H and O–H groups in total. The maximum Gasteiger partial charge on any atom is 0.295 e. The molecule has 0 fully saturated rings. The van der Waals surface area contributed by atoms with Gasteiger partial charge in [0.2, 0.25) is 0 Å². The van der Waals surface area contributed by atoms with Gasteiger partial charge in [0.25, 0.3) is 31.6 Å². The zero-order valence-corrected chi connectivity index (χ0v) is 21.0. The second-order valence-electron chi connectivity index (χ2n) is 7.66. The summed E-state index contributed by atoms with van der Waals surface area (Å²) in [4.78, 5) is 19.3. The lowest BCUT2D eigenvalue weighted by molar-refractivity contribution is -0.385. The molecule has 19 heteroatoms. The minimum atomic E-state index is -5.07. The van der Waals surface area contributed by atoms with Crippen LogP contribution in [0.3, 0.4) is 0 Å². The predicted octanol–water partition coefficient (Wildman–Crippen LogP) is 2.11. The zero-order chi connectivity index (χ0) is 28.7. The smallest absolute Gasteiger partial charge is 0.295 e. The fraction of sp³-hybridized carbons (Fsp3) is 0.0500. The number of hydrazine groups is 2. The molecule has 4 rings (SSSR count). The van der Waals surface area contributed by atoms with E-state index in [2.05, 4.69) is 10.5 Å². The number of nitrogens with zero attached hydrogens (tertiary/aromatic N) is 5. The first-order valence-corrected chi connectivity index (χ1v) is 13.2. The highest BCUT2D eigenvalue weighted by Gasteiger charge is 2.33. The van der Waals surface area contributed by atoms with Crippen LogP contribution in [-0.2, 0) is 20.2 Å². The Morgan fingerprint density at radius 2 is 1.49 bits per heavy atom. The SMILES string of the molecule is COc1cc([N+](=O)[O-])ccc1N1N=C(c2ccc(S(=O)(=O)O)cc2S(=O)(=O)O)NN1c1ccc([N+](=O)[O-])cc1. The fourth-order valence-corrected chi connectivity index (χ4v) is 4.79. The highest BCUT2D eigenvalue weighted by Crippen LogP contribution is 2.36. The second kappa shape index (κ2) is 9.79. The molecular formula is C20H16N6O11S2. The number of ether oxygens (including phenoxy) is 1. The van der Waals surface area contributed by atoms with Gasteiger partial charge in [0.1, 0.15) is 10.6 Å². The number of amidine groups is 1. The molecule has 0 saturated carbocycles. The molecule has 3 aromatic rings. The van der Waals surface area contributed by atoms with Gasteiger partial charge in [-0.2, -0.15) is 22.0 Å². The van der Waals surface area contributed by atoms with Crippen molar-refractivity contribution >= 4 is 48.8 Å². The van der Waals surface area contributed by atoms with Crippen molar-refractivity contribution in [3.05, 3.63) is 86.5 Å². The van der Waals surface area contributed by atoms with E-state index in [0.29, 0.717) is 6.07 Å². The van der Waals surface area contributed by atoms with Gasteiger partial charge >= 0.3 is 0 Å². The largest absolute Gasteiger partial charge is 0.494 e. The number of nitro groups is 2. The molecule has 0 amide bonds. The lowest BCUT2D eigenvalue weighted by Crippen LogP contribution is -2.45. The van der Waals surface area contributed by atoms with Crippen LogP contribution in [-0.4, -0.2) is 48.7 Å². The Morgan fingerprint density at radius 1 is 0.872 bits per heavy atom. The fourth-order valence-electron chi connectivity index (χ4n) is 3.49. The predicted molar refractivity (Wildman–Crippen MR) is 133 cm³/mol. The van der Waals surface area contributed by atoms with Crippen molar-refractivity contribution in [1.29, 1.82) is 0 Å². The van der Waals surface area contributed by atoms with Crippen LogP contribution in [0.1, 0.15) is 5.56 Å². The molecule has 1 aliphatic heterocycles. The van der Waals surface area contributed by atoms with Gasteiger partial charge in [-0.05, 0) is 36.4 Å². The summed E-state index contributed by atoms with van der Waals surface area (Å²) in [6.45, 7) is 0. The Hall–Kier alpha value is -4.85. The van der Waals surface area contributed by atoms with Gasteiger partial charge in [0.05, 0.1) is 33.6 Å². The van der Waals surface area contributed by atoms with Crippen molar-refractivity contribution in [2.24, 2.45) is 5.10 Å². The number of hydrogen-bond acceptors (Lipinski definition) is 13. The molecule has 0 aromatic heterocycles. The highest BCUT2D eigenvalue weighted by molar-refractivity contribution is 7.86. The maximum absolute atomic E-state index is 12.1. The van der Waals surface area contributed by atoms with E-state index in [1.807, 2.05) is 0 Å². The van der Waals surface area contributed by atoms with Crippen LogP contribution in [0.25, 0.3) is 0 Å². The Labute approximate surface area is 219 Å². The topological polar surface area (TPSA) is 235 Å². The first kappa shape index (κ1) is 27.2. The summed E-state index contributed by atoms with van der Waals surface area (Å²) in [6, 6.07) is 10.8. The second-order valence-corrected chi connectivity index (χ2v) is 10.5. The van der Waals surface area contributed by atoms with E-state index in [4.69, 9.17) is 4.74 Å². The van der Waals surface area contributed by atoms with Gasteiger partial charge < -0.3 is 4.74 Å². The van der Waals surface area contributed by atoms with Crippen molar-refractivity contribution in [2.45, 2.75) is 9.79 Å². The maximum atomic E-state index is 12.1. The van der Waals surface area contributed by atoms with Crippen LogP contribution < -0.4 is 20.4 Å². The number of methoxy groups -OCH3 is 1. The van der Waals surface area contributed by atoms with Crippen LogP contribution in [0.2, 0.25) is 0 Å². The van der Waals surface area contributed by atoms with Crippen LogP contribution in [0.15, 0.2) is 75.6 Å². The number of anilines is 2. The highest BCUT2D eigenvalue weighted by atomic mass is 32.2. The van der Waals surface area contributed by atoms with Gasteiger partial charge in [-0.15, -0.1) is 10.2 Å². The Kier molecular flexibility index (Phi) is 6.83. The van der Waals surface area contributed by atoms with Crippen molar-refractivity contribution < 1.29 is 40.5 Å². The van der Waals surface area contributed by atoms with Gasteiger partial charge in [-0.3, -0.25) is 34.8 Å². The summed E-state index contributed by atoms with van der Waals surface area (Å²) in [5, 5.41) is 28.9. The zero-order valence-electron chi connectivity index (χ0n) is 19.4. The van der Waals surface area contributed by atoms with E-state index in [1.54, 1.807) is 0 Å². The van der Waals surface area contributed by atoms with E-state index in [-0.39, 0.29) is 39.9 Å². The summed E-state index contributed by atoms with van der Waals surface area (Å²) in [5.74, 6) is -0.317. The molecule has 1 heterocycles. The first-order chi connectivity index (χ1) is 18.2. The van der Waals surface area contributed by atoms with E-state index >= 15 is 0 Å². The van der Waals surface area contributed by atoms with Crippen molar-refractivity contribution in [2.75, 3.05) is 17.3 Å². The number of nitrogens with one attached hydrogen (secondary N) is 1. The summed E-state index contributed by atoms with van der Waals surface area (Å²) in [5.41, 5.74) is 2.15. The van der Waals surface area contributed by atoms with Crippen LogP contribution in [0, 0.1) is 20.2 Å².